The second-order valence-corrected chi connectivity index (χ2v) is 4.50. The molecule has 90 valence electrons. The molecule has 0 saturated carbocycles. The van der Waals surface area contributed by atoms with Crippen LogP contribution in [-0.2, 0) is 10.5 Å². The number of carbonyl (C=O) groups excluding carboxylic acids is 1. The number of furan rings is 1. The minimum atomic E-state index is -0.326. The highest BCUT2D eigenvalue weighted by molar-refractivity contribution is 7.98. The maximum absolute atomic E-state index is 11.5. The maximum Gasteiger partial charge on any atom is 0.341 e. The molecule has 0 radical (unpaired) electrons. The van der Waals surface area contributed by atoms with Crippen LogP contribution < -0.4 is 5.73 Å². The molecule has 0 aliphatic rings. The molecular formula is C11H17NO3S. The van der Waals surface area contributed by atoms with E-state index in [0.717, 1.165) is 5.75 Å². The summed E-state index contributed by atoms with van der Waals surface area (Å²) in [6.45, 7) is 4.10. The molecule has 2 N–H and O–H groups in total. The zero-order chi connectivity index (χ0) is 12.0. The molecule has 5 heteroatoms. The highest BCUT2D eigenvalue weighted by atomic mass is 32.2. The van der Waals surface area contributed by atoms with Crippen LogP contribution in [0, 0.1) is 0 Å². The van der Waals surface area contributed by atoms with Crippen LogP contribution in [0.1, 0.15) is 30.0 Å². The highest BCUT2D eigenvalue weighted by Crippen LogP contribution is 2.19. The summed E-state index contributed by atoms with van der Waals surface area (Å²) in [7, 11) is 0. The van der Waals surface area contributed by atoms with Crippen molar-refractivity contribution in [3.8, 4) is 0 Å². The van der Waals surface area contributed by atoms with Crippen molar-refractivity contribution in [2.24, 2.45) is 5.73 Å². The first-order chi connectivity index (χ1) is 7.65. The van der Waals surface area contributed by atoms with Gasteiger partial charge in [0.2, 0.25) is 0 Å². The van der Waals surface area contributed by atoms with E-state index in [2.05, 4.69) is 0 Å². The van der Waals surface area contributed by atoms with Gasteiger partial charge in [-0.1, -0.05) is 0 Å². The third-order valence-electron chi connectivity index (χ3n) is 1.85. The van der Waals surface area contributed by atoms with E-state index in [1.54, 1.807) is 24.8 Å². The van der Waals surface area contributed by atoms with E-state index in [-0.39, 0.29) is 12.0 Å². The molecule has 0 amide bonds. The van der Waals surface area contributed by atoms with Gasteiger partial charge < -0.3 is 14.9 Å². The maximum atomic E-state index is 11.5. The fourth-order valence-corrected chi connectivity index (χ4v) is 2.08. The molecule has 0 aromatic carbocycles. The lowest BCUT2D eigenvalue weighted by atomic mass is 10.3. The van der Waals surface area contributed by atoms with Gasteiger partial charge in [-0.25, -0.2) is 4.79 Å². The number of hydrogen-bond donors (Lipinski definition) is 1. The molecule has 16 heavy (non-hydrogen) atoms. The van der Waals surface area contributed by atoms with Crippen molar-refractivity contribution in [2.45, 2.75) is 25.6 Å². The molecule has 0 spiro atoms. The van der Waals surface area contributed by atoms with Gasteiger partial charge in [0.15, 0.2) is 0 Å². The molecule has 1 aromatic rings. The van der Waals surface area contributed by atoms with Crippen LogP contribution in [0.5, 0.6) is 0 Å². The molecule has 0 bridgehead atoms. The average Bonchev–Trinajstić information content (AvgIpc) is 2.66. The van der Waals surface area contributed by atoms with Crippen LogP contribution in [0.2, 0.25) is 0 Å². The van der Waals surface area contributed by atoms with Crippen molar-refractivity contribution >= 4 is 17.7 Å². The standard InChI is InChI=1S/C11H17NO3S/c1-3-14-11(13)9-4-5-15-10(9)7-16-6-8(2)12/h4-5,8H,3,6-7,12H2,1-2H3. The number of nitrogens with two attached hydrogens (primary N) is 1. The number of carbonyl (C=O) groups is 1. The average molecular weight is 243 g/mol. The lowest BCUT2D eigenvalue weighted by molar-refractivity contribution is 0.0524. The Morgan fingerprint density at radius 2 is 2.44 bits per heavy atom. The Morgan fingerprint density at radius 1 is 1.69 bits per heavy atom. The minimum absolute atomic E-state index is 0.144. The number of ether oxygens (including phenoxy) is 1. The van der Waals surface area contributed by atoms with E-state index < -0.39 is 0 Å². The summed E-state index contributed by atoms with van der Waals surface area (Å²) in [5.74, 6) is 1.81. The van der Waals surface area contributed by atoms with Crippen LogP contribution in [0.25, 0.3) is 0 Å². The van der Waals surface area contributed by atoms with Crippen LogP contribution >= 0.6 is 11.8 Å². The summed E-state index contributed by atoms with van der Waals surface area (Å²) in [6.07, 6.45) is 1.51. The van der Waals surface area contributed by atoms with Crippen molar-refractivity contribution in [1.82, 2.24) is 0 Å². The smallest absolute Gasteiger partial charge is 0.341 e. The molecule has 0 aliphatic heterocycles. The summed E-state index contributed by atoms with van der Waals surface area (Å²) >= 11 is 1.64. The zero-order valence-corrected chi connectivity index (χ0v) is 10.4. The van der Waals surface area contributed by atoms with E-state index in [0.29, 0.717) is 23.7 Å². The third-order valence-corrected chi connectivity index (χ3v) is 3.08. The van der Waals surface area contributed by atoms with Crippen LogP contribution in [0.4, 0.5) is 0 Å². The summed E-state index contributed by atoms with van der Waals surface area (Å²) in [4.78, 5) is 11.5. The first-order valence-electron chi connectivity index (χ1n) is 5.22. The Bertz CT molecular complexity index is 336. The summed E-state index contributed by atoms with van der Waals surface area (Å²) in [5.41, 5.74) is 6.15. The monoisotopic (exact) mass is 243 g/mol. The molecular weight excluding hydrogens is 226 g/mol. The Hall–Kier alpha value is -0.940. The predicted octanol–water partition coefficient (Wildman–Crippen LogP) is 2.04. The van der Waals surface area contributed by atoms with E-state index in [1.807, 2.05) is 6.92 Å². The normalized spacial score (nSPS) is 12.4. The predicted molar refractivity (Wildman–Crippen MR) is 64.5 cm³/mol. The van der Waals surface area contributed by atoms with E-state index in [1.165, 1.54) is 6.26 Å². The van der Waals surface area contributed by atoms with Gasteiger partial charge in [0, 0.05) is 11.8 Å². The first-order valence-corrected chi connectivity index (χ1v) is 6.37. The highest BCUT2D eigenvalue weighted by Gasteiger charge is 2.15. The second-order valence-electron chi connectivity index (χ2n) is 3.47. The van der Waals surface area contributed by atoms with E-state index in [4.69, 9.17) is 14.9 Å². The number of hydrogen-bond acceptors (Lipinski definition) is 5. The molecule has 1 aromatic heterocycles. The quantitative estimate of drug-likeness (QED) is 0.774. The molecule has 1 heterocycles. The summed E-state index contributed by atoms with van der Waals surface area (Å²) in [6, 6.07) is 1.78. The number of rotatable bonds is 6. The van der Waals surface area contributed by atoms with Gasteiger partial charge in [0.25, 0.3) is 0 Å². The summed E-state index contributed by atoms with van der Waals surface area (Å²) < 4.78 is 10.2. The van der Waals surface area contributed by atoms with Crippen LogP contribution in [0.3, 0.4) is 0 Å². The Labute approximate surface area is 99.5 Å². The Balaban J connectivity index is 2.53. The van der Waals surface area contributed by atoms with Gasteiger partial charge in [0.05, 0.1) is 18.6 Å². The molecule has 0 aliphatic carbocycles. The van der Waals surface area contributed by atoms with Crippen molar-refractivity contribution in [2.75, 3.05) is 12.4 Å². The third kappa shape index (κ3) is 3.90. The first kappa shape index (κ1) is 13.1. The molecule has 1 rings (SSSR count). The molecule has 4 nitrogen and oxygen atoms in total. The zero-order valence-electron chi connectivity index (χ0n) is 9.56. The largest absolute Gasteiger partial charge is 0.468 e. The van der Waals surface area contributed by atoms with Gasteiger partial charge in [-0.05, 0) is 19.9 Å². The van der Waals surface area contributed by atoms with E-state index >= 15 is 0 Å². The minimum Gasteiger partial charge on any atom is -0.468 e. The molecule has 1 atom stereocenters. The van der Waals surface area contributed by atoms with Gasteiger partial charge in [0.1, 0.15) is 11.3 Å². The lowest BCUT2D eigenvalue weighted by Crippen LogP contribution is -2.17. The Morgan fingerprint density at radius 3 is 3.06 bits per heavy atom. The Kier molecular flexibility index (Phi) is 5.42. The fourth-order valence-electron chi connectivity index (χ4n) is 1.18. The second kappa shape index (κ2) is 6.60. The van der Waals surface area contributed by atoms with Crippen molar-refractivity contribution < 1.29 is 13.9 Å². The molecule has 0 saturated heterocycles. The van der Waals surface area contributed by atoms with Gasteiger partial charge in [-0.2, -0.15) is 11.8 Å². The molecule has 0 fully saturated rings. The van der Waals surface area contributed by atoms with Gasteiger partial charge >= 0.3 is 5.97 Å². The number of thioether (sulfide) groups is 1. The van der Waals surface area contributed by atoms with Crippen molar-refractivity contribution in [3.63, 3.8) is 0 Å². The van der Waals surface area contributed by atoms with Crippen molar-refractivity contribution in [3.05, 3.63) is 23.7 Å². The fraction of sp³-hybridized carbons (Fsp3) is 0.545. The van der Waals surface area contributed by atoms with Gasteiger partial charge in [-0.15, -0.1) is 0 Å². The summed E-state index contributed by atoms with van der Waals surface area (Å²) in [5, 5.41) is 0. The topological polar surface area (TPSA) is 65.5 Å². The van der Waals surface area contributed by atoms with Crippen LogP contribution in [-0.4, -0.2) is 24.4 Å². The lowest BCUT2D eigenvalue weighted by Gasteiger charge is -2.04. The van der Waals surface area contributed by atoms with Gasteiger partial charge in [-0.3, -0.25) is 0 Å². The van der Waals surface area contributed by atoms with Crippen molar-refractivity contribution in [1.29, 1.82) is 0 Å². The SMILES string of the molecule is CCOC(=O)c1ccoc1CSCC(C)N. The van der Waals surface area contributed by atoms with E-state index in [9.17, 15) is 4.79 Å². The molecule has 1 unspecified atom stereocenters. The number of esters is 1. The van der Waals surface area contributed by atoms with Crippen LogP contribution in [0.15, 0.2) is 16.7 Å².